The highest BCUT2D eigenvalue weighted by molar-refractivity contribution is 5.01. The van der Waals surface area contributed by atoms with Crippen LogP contribution in [0.15, 0.2) is 0 Å². The lowest BCUT2D eigenvalue weighted by Gasteiger charge is -2.51. The summed E-state index contributed by atoms with van der Waals surface area (Å²) in [7, 11) is 0. The summed E-state index contributed by atoms with van der Waals surface area (Å²) in [6.45, 7) is 0. The van der Waals surface area contributed by atoms with E-state index in [2.05, 4.69) is 0 Å². The molecule has 2 aliphatic heterocycles. The number of halogens is 3. The minimum Gasteiger partial charge on any atom is -0.371 e. The minimum atomic E-state index is -4.29. The molecule has 2 saturated carbocycles. The van der Waals surface area contributed by atoms with Crippen molar-refractivity contribution in [2.45, 2.75) is 75.7 Å². The van der Waals surface area contributed by atoms with Gasteiger partial charge in [0.2, 0.25) is 0 Å². The van der Waals surface area contributed by atoms with E-state index >= 15 is 0 Å². The lowest BCUT2D eigenvalue weighted by molar-refractivity contribution is -0.260. The topological polar surface area (TPSA) is 42.0 Å². The van der Waals surface area contributed by atoms with Crippen molar-refractivity contribution in [1.29, 1.82) is 0 Å². The highest BCUT2D eigenvalue weighted by Gasteiger charge is 2.60. The normalized spacial score (nSPS) is 51.8. The average molecular weight is 320 g/mol. The SMILES string of the molecule is OC1OC1C1OC2CCC3CCCCC3C2CC1C(F)(F)F. The fourth-order valence-electron chi connectivity index (χ4n) is 5.23. The van der Waals surface area contributed by atoms with Crippen LogP contribution < -0.4 is 0 Å². The number of rotatable bonds is 1. The number of hydrogen-bond acceptors (Lipinski definition) is 3. The second-order valence-electron chi connectivity index (χ2n) is 7.46. The van der Waals surface area contributed by atoms with E-state index in [1.54, 1.807) is 0 Å². The Morgan fingerprint density at radius 3 is 2.27 bits per heavy atom. The van der Waals surface area contributed by atoms with Crippen LogP contribution in [0.2, 0.25) is 0 Å². The summed E-state index contributed by atoms with van der Waals surface area (Å²) in [6.07, 6.45) is -0.647. The Balaban J connectivity index is 1.56. The van der Waals surface area contributed by atoms with Gasteiger partial charge in [0.1, 0.15) is 12.2 Å². The second-order valence-corrected chi connectivity index (χ2v) is 7.46. The smallest absolute Gasteiger partial charge is 0.371 e. The summed E-state index contributed by atoms with van der Waals surface area (Å²) >= 11 is 0. The molecule has 6 heteroatoms. The van der Waals surface area contributed by atoms with Crippen LogP contribution in [0.4, 0.5) is 13.2 Å². The maximum atomic E-state index is 13.5. The van der Waals surface area contributed by atoms with E-state index in [0.29, 0.717) is 11.8 Å². The predicted octanol–water partition coefficient (Wildman–Crippen LogP) is 3.26. The highest BCUT2D eigenvalue weighted by atomic mass is 19.4. The number of alkyl halides is 3. The van der Waals surface area contributed by atoms with Gasteiger partial charge in [0.15, 0.2) is 6.29 Å². The Hall–Kier alpha value is -0.330. The van der Waals surface area contributed by atoms with Crippen LogP contribution in [0.5, 0.6) is 0 Å². The Labute approximate surface area is 128 Å². The molecule has 0 amide bonds. The molecule has 4 aliphatic rings. The van der Waals surface area contributed by atoms with Crippen molar-refractivity contribution in [2.75, 3.05) is 0 Å². The number of epoxide rings is 1. The zero-order chi connectivity index (χ0) is 15.5. The Bertz CT molecular complexity index is 427. The van der Waals surface area contributed by atoms with Crippen LogP contribution in [0.3, 0.4) is 0 Å². The number of fused-ring (bicyclic) bond motifs is 3. The van der Waals surface area contributed by atoms with Crippen molar-refractivity contribution >= 4 is 0 Å². The van der Waals surface area contributed by atoms with Gasteiger partial charge >= 0.3 is 6.18 Å². The summed E-state index contributed by atoms with van der Waals surface area (Å²) in [5.41, 5.74) is 0. The molecule has 8 atom stereocenters. The van der Waals surface area contributed by atoms with E-state index in [1.165, 1.54) is 12.8 Å². The van der Waals surface area contributed by atoms with E-state index in [0.717, 1.165) is 25.7 Å². The lowest BCUT2D eigenvalue weighted by atomic mass is 9.61. The fraction of sp³-hybridized carbons (Fsp3) is 1.00. The third kappa shape index (κ3) is 2.57. The highest BCUT2D eigenvalue weighted by Crippen LogP contribution is 2.53. The van der Waals surface area contributed by atoms with E-state index in [4.69, 9.17) is 9.47 Å². The van der Waals surface area contributed by atoms with Gasteiger partial charge in [-0.3, -0.25) is 0 Å². The lowest BCUT2D eigenvalue weighted by Crippen LogP contribution is -2.54. The molecule has 2 heterocycles. The van der Waals surface area contributed by atoms with Gasteiger partial charge in [0, 0.05) is 0 Å². The summed E-state index contributed by atoms with van der Waals surface area (Å²) in [5.74, 6) is -0.496. The van der Waals surface area contributed by atoms with Crippen molar-refractivity contribution in [1.82, 2.24) is 0 Å². The molecule has 0 aromatic heterocycles. The molecule has 0 radical (unpaired) electrons. The standard InChI is InChI=1S/C16H23F3O3/c17-16(18,19)11-7-10-9-4-2-1-3-8(9)5-6-12(10)21-13(11)14-15(20)22-14/h8-15,20H,1-7H2. The Morgan fingerprint density at radius 2 is 1.59 bits per heavy atom. The first-order chi connectivity index (χ1) is 10.4. The third-order valence-electron chi connectivity index (χ3n) is 6.32. The van der Waals surface area contributed by atoms with Crippen LogP contribution in [-0.4, -0.2) is 35.9 Å². The van der Waals surface area contributed by atoms with Crippen molar-refractivity contribution < 1.29 is 27.8 Å². The van der Waals surface area contributed by atoms with Gasteiger partial charge in [-0.05, 0) is 43.4 Å². The van der Waals surface area contributed by atoms with Gasteiger partial charge in [-0.2, -0.15) is 13.2 Å². The fourth-order valence-corrected chi connectivity index (χ4v) is 5.23. The predicted molar refractivity (Wildman–Crippen MR) is 71.9 cm³/mol. The maximum absolute atomic E-state index is 13.5. The molecule has 0 aromatic rings. The van der Waals surface area contributed by atoms with Crippen LogP contribution >= 0.6 is 0 Å². The van der Waals surface area contributed by atoms with Crippen molar-refractivity contribution in [3.8, 4) is 0 Å². The van der Waals surface area contributed by atoms with Crippen LogP contribution in [0.25, 0.3) is 0 Å². The van der Waals surface area contributed by atoms with Gasteiger partial charge in [-0.1, -0.05) is 19.3 Å². The number of aliphatic hydroxyl groups is 1. The molecular weight excluding hydrogens is 297 g/mol. The first kappa shape index (κ1) is 15.2. The summed E-state index contributed by atoms with van der Waals surface area (Å²) in [6, 6.07) is 0. The van der Waals surface area contributed by atoms with Crippen molar-refractivity contribution in [3.63, 3.8) is 0 Å². The monoisotopic (exact) mass is 320 g/mol. The minimum absolute atomic E-state index is 0.0258. The van der Waals surface area contributed by atoms with Crippen molar-refractivity contribution in [3.05, 3.63) is 0 Å². The van der Waals surface area contributed by atoms with E-state index < -0.39 is 30.6 Å². The number of hydrogen-bond donors (Lipinski definition) is 1. The average Bonchev–Trinajstić information content (AvgIpc) is 3.21. The van der Waals surface area contributed by atoms with Crippen LogP contribution in [0, 0.1) is 23.7 Å². The molecule has 4 rings (SSSR count). The van der Waals surface area contributed by atoms with E-state index in [1.807, 2.05) is 0 Å². The van der Waals surface area contributed by atoms with E-state index in [9.17, 15) is 18.3 Å². The molecule has 0 spiro atoms. The number of aliphatic hydroxyl groups excluding tert-OH is 1. The first-order valence-electron chi connectivity index (χ1n) is 8.51. The van der Waals surface area contributed by atoms with Gasteiger partial charge < -0.3 is 14.6 Å². The molecule has 126 valence electrons. The molecule has 0 bridgehead atoms. The Kier molecular flexibility index (Phi) is 3.70. The molecule has 1 N–H and O–H groups in total. The zero-order valence-corrected chi connectivity index (χ0v) is 12.5. The van der Waals surface area contributed by atoms with Crippen LogP contribution in [-0.2, 0) is 9.47 Å². The largest absolute Gasteiger partial charge is 0.394 e. The third-order valence-corrected chi connectivity index (χ3v) is 6.32. The summed E-state index contributed by atoms with van der Waals surface area (Å²) in [5, 5.41) is 9.38. The molecule has 22 heavy (non-hydrogen) atoms. The molecule has 0 aromatic carbocycles. The number of ether oxygens (including phenoxy) is 2. The van der Waals surface area contributed by atoms with Crippen LogP contribution in [0.1, 0.15) is 44.9 Å². The molecular formula is C16H23F3O3. The second kappa shape index (κ2) is 5.35. The van der Waals surface area contributed by atoms with Crippen molar-refractivity contribution in [2.24, 2.45) is 23.7 Å². The Morgan fingerprint density at radius 1 is 0.864 bits per heavy atom. The van der Waals surface area contributed by atoms with Gasteiger partial charge in [0.25, 0.3) is 0 Å². The summed E-state index contributed by atoms with van der Waals surface area (Å²) < 4.78 is 51.2. The molecule has 2 saturated heterocycles. The quantitative estimate of drug-likeness (QED) is 0.754. The molecule has 3 nitrogen and oxygen atoms in total. The summed E-state index contributed by atoms with van der Waals surface area (Å²) in [4.78, 5) is 0. The van der Waals surface area contributed by atoms with Gasteiger partial charge in [-0.15, -0.1) is 0 Å². The van der Waals surface area contributed by atoms with Gasteiger partial charge in [0.05, 0.1) is 12.0 Å². The van der Waals surface area contributed by atoms with E-state index in [-0.39, 0.29) is 18.4 Å². The first-order valence-corrected chi connectivity index (χ1v) is 8.51. The molecule has 2 aliphatic carbocycles. The maximum Gasteiger partial charge on any atom is 0.394 e. The van der Waals surface area contributed by atoms with Gasteiger partial charge in [-0.25, -0.2) is 0 Å². The molecule has 8 unspecified atom stereocenters. The zero-order valence-electron chi connectivity index (χ0n) is 12.5. The molecule has 4 fully saturated rings.